The molecule has 3 aromatic rings. The number of nitrogens with one attached hydrogen (secondary N) is 2. The minimum absolute atomic E-state index is 0.0805. The lowest BCUT2D eigenvalue weighted by Gasteiger charge is -2.19. The maximum atomic E-state index is 14.7. The minimum atomic E-state index is -1.37. The van der Waals surface area contributed by atoms with Gasteiger partial charge in [-0.25, -0.2) is 14.2 Å². The number of anilines is 1. The number of fused-ring (bicyclic) bond motifs is 1. The van der Waals surface area contributed by atoms with Crippen molar-refractivity contribution in [3.8, 4) is 5.75 Å². The molecule has 2 aromatic heterocycles. The van der Waals surface area contributed by atoms with E-state index in [-0.39, 0.29) is 22.9 Å². The van der Waals surface area contributed by atoms with Gasteiger partial charge in [-0.1, -0.05) is 12.1 Å². The van der Waals surface area contributed by atoms with Crippen molar-refractivity contribution in [2.75, 3.05) is 25.1 Å². The molecule has 1 unspecified atom stereocenters. The van der Waals surface area contributed by atoms with E-state index in [1.165, 1.54) is 0 Å². The van der Waals surface area contributed by atoms with Crippen molar-refractivity contribution in [1.82, 2.24) is 15.3 Å². The lowest BCUT2D eigenvalue weighted by molar-refractivity contribution is 0.0695. The fraction of sp³-hybridized carbons (Fsp3) is 0.286. The zero-order valence-corrected chi connectivity index (χ0v) is 16.3. The number of pyridine rings is 2. The van der Waals surface area contributed by atoms with Crippen LogP contribution in [-0.4, -0.2) is 47.3 Å². The third-order valence-electron chi connectivity index (χ3n) is 5.25. The Bertz CT molecular complexity index is 1160. The highest BCUT2D eigenvalue weighted by molar-refractivity contribution is 5.91. The van der Waals surface area contributed by atoms with Crippen molar-refractivity contribution < 1.29 is 19.0 Å². The Morgan fingerprint density at radius 3 is 3.03 bits per heavy atom. The molecular formula is C21H21FN4O4. The highest BCUT2D eigenvalue weighted by Crippen LogP contribution is 2.24. The van der Waals surface area contributed by atoms with Gasteiger partial charge in [-0.2, -0.15) is 0 Å². The Kier molecular flexibility index (Phi) is 5.37. The number of hydrogen-bond donors (Lipinski definition) is 3. The first-order valence-corrected chi connectivity index (χ1v) is 9.52. The van der Waals surface area contributed by atoms with Crippen molar-refractivity contribution in [3.05, 3.63) is 63.7 Å². The first-order valence-electron chi connectivity index (χ1n) is 9.52. The highest BCUT2D eigenvalue weighted by Gasteiger charge is 2.26. The first-order chi connectivity index (χ1) is 14.5. The molecule has 1 atom stereocenters. The summed E-state index contributed by atoms with van der Waals surface area (Å²) in [5, 5.41) is 12.4. The van der Waals surface area contributed by atoms with Gasteiger partial charge in [0.25, 0.3) is 0 Å². The average molecular weight is 412 g/mol. The summed E-state index contributed by atoms with van der Waals surface area (Å²) in [6.45, 7) is 1.84. The molecule has 0 amide bonds. The van der Waals surface area contributed by atoms with Crippen LogP contribution in [-0.2, 0) is 6.54 Å². The molecule has 30 heavy (non-hydrogen) atoms. The lowest BCUT2D eigenvalue weighted by atomic mass is 10.2. The Balaban J connectivity index is 1.49. The second kappa shape index (κ2) is 8.11. The summed E-state index contributed by atoms with van der Waals surface area (Å²) >= 11 is 0. The fourth-order valence-electron chi connectivity index (χ4n) is 3.66. The number of aromatic amines is 1. The van der Waals surface area contributed by atoms with Crippen LogP contribution in [0.5, 0.6) is 5.75 Å². The number of carboxylic acid groups (broad SMARTS) is 1. The number of methoxy groups -OCH3 is 1. The smallest absolute Gasteiger partial charge is 0.341 e. The van der Waals surface area contributed by atoms with Gasteiger partial charge in [0.05, 0.1) is 12.5 Å². The maximum Gasteiger partial charge on any atom is 0.341 e. The summed E-state index contributed by atoms with van der Waals surface area (Å²) in [6, 6.07) is 9.00. The van der Waals surface area contributed by atoms with E-state index in [9.17, 15) is 14.0 Å². The zero-order chi connectivity index (χ0) is 21.3. The van der Waals surface area contributed by atoms with Gasteiger partial charge in [-0.15, -0.1) is 0 Å². The molecule has 0 aliphatic carbocycles. The van der Waals surface area contributed by atoms with E-state index < -0.39 is 22.8 Å². The van der Waals surface area contributed by atoms with E-state index in [1.807, 2.05) is 29.2 Å². The standard InChI is InChI=1S/C21H21FN4O4/c1-30-14-4-2-3-12(7-14)9-23-13-5-6-26(11-13)20-17(22)8-15-18(27)16(21(28)29)10-24-19(15)25-20/h2-4,7-8,10,13,23H,5-6,9,11H2,1H3,(H,28,29)(H,24,25,27). The van der Waals surface area contributed by atoms with E-state index >= 15 is 0 Å². The van der Waals surface area contributed by atoms with E-state index in [2.05, 4.69) is 15.3 Å². The number of aromatic nitrogens is 2. The molecule has 1 aliphatic heterocycles. The van der Waals surface area contributed by atoms with Crippen LogP contribution in [0.15, 0.2) is 41.3 Å². The largest absolute Gasteiger partial charge is 0.497 e. The summed E-state index contributed by atoms with van der Waals surface area (Å²) in [6.07, 6.45) is 1.90. The third kappa shape index (κ3) is 3.84. The number of nitrogens with zero attached hydrogens (tertiary/aromatic N) is 2. The quantitative estimate of drug-likeness (QED) is 0.569. The Labute approximate surface area is 171 Å². The zero-order valence-electron chi connectivity index (χ0n) is 16.3. The molecule has 0 radical (unpaired) electrons. The number of hydrogen-bond acceptors (Lipinski definition) is 6. The van der Waals surface area contributed by atoms with E-state index in [4.69, 9.17) is 9.84 Å². The van der Waals surface area contributed by atoms with Crippen LogP contribution in [0.1, 0.15) is 22.3 Å². The first kappa shape index (κ1) is 19.8. The second-order valence-electron chi connectivity index (χ2n) is 7.19. The number of aromatic carboxylic acids is 1. The van der Waals surface area contributed by atoms with Crippen molar-refractivity contribution in [1.29, 1.82) is 0 Å². The summed E-state index contributed by atoms with van der Waals surface area (Å²) < 4.78 is 19.9. The summed E-state index contributed by atoms with van der Waals surface area (Å²) in [5.41, 5.74) is 0.0525. The predicted octanol–water partition coefficient (Wildman–Crippen LogP) is 2.14. The van der Waals surface area contributed by atoms with Crippen LogP contribution in [0.2, 0.25) is 0 Å². The minimum Gasteiger partial charge on any atom is -0.497 e. The SMILES string of the molecule is COc1cccc(CNC2CCN(c3nc4[nH]cc(C(=O)O)c(=O)c4cc3F)C2)c1. The molecule has 0 saturated carbocycles. The molecule has 156 valence electrons. The molecule has 0 bridgehead atoms. The number of H-pyrrole nitrogens is 1. The third-order valence-corrected chi connectivity index (χ3v) is 5.25. The molecular weight excluding hydrogens is 391 g/mol. The highest BCUT2D eigenvalue weighted by atomic mass is 19.1. The molecule has 9 heteroatoms. The molecule has 3 heterocycles. The molecule has 1 aliphatic rings. The Hall–Kier alpha value is -3.46. The van der Waals surface area contributed by atoms with Gasteiger partial charge >= 0.3 is 5.97 Å². The summed E-state index contributed by atoms with van der Waals surface area (Å²) in [7, 11) is 1.63. The van der Waals surface area contributed by atoms with Gasteiger partial charge < -0.3 is 25.0 Å². The predicted molar refractivity (Wildman–Crippen MR) is 110 cm³/mol. The number of benzene rings is 1. The lowest BCUT2D eigenvalue weighted by Crippen LogP contribution is -2.32. The van der Waals surface area contributed by atoms with E-state index in [1.54, 1.807) is 7.11 Å². The number of ether oxygens (including phenoxy) is 1. The molecule has 0 spiro atoms. The van der Waals surface area contributed by atoms with Crippen LogP contribution in [0, 0.1) is 5.82 Å². The Morgan fingerprint density at radius 1 is 1.43 bits per heavy atom. The second-order valence-corrected chi connectivity index (χ2v) is 7.19. The summed E-state index contributed by atoms with van der Waals surface area (Å²) in [4.78, 5) is 32.1. The maximum absolute atomic E-state index is 14.7. The summed E-state index contributed by atoms with van der Waals surface area (Å²) in [5.74, 6) is -1.08. The van der Waals surface area contributed by atoms with Gasteiger partial charge in [-0.05, 0) is 30.2 Å². The number of carboxylic acids is 1. The fourth-order valence-corrected chi connectivity index (χ4v) is 3.66. The van der Waals surface area contributed by atoms with Crippen molar-refractivity contribution in [2.45, 2.75) is 19.0 Å². The number of rotatable bonds is 6. The van der Waals surface area contributed by atoms with Gasteiger partial charge in [0.1, 0.15) is 17.0 Å². The van der Waals surface area contributed by atoms with E-state index in [0.29, 0.717) is 19.6 Å². The van der Waals surface area contributed by atoms with Crippen LogP contribution in [0.4, 0.5) is 10.2 Å². The van der Waals surface area contributed by atoms with Crippen molar-refractivity contribution >= 4 is 22.8 Å². The number of carbonyl (C=O) groups is 1. The van der Waals surface area contributed by atoms with Gasteiger partial charge in [0.2, 0.25) is 5.43 Å². The monoisotopic (exact) mass is 412 g/mol. The van der Waals surface area contributed by atoms with Gasteiger partial charge in [-0.3, -0.25) is 4.79 Å². The van der Waals surface area contributed by atoms with Gasteiger partial charge in [0, 0.05) is 31.9 Å². The molecule has 8 nitrogen and oxygen atoms in total. The molecule has 4 rings (SSSR count). The Morgan fingerprint density at radius 2 is 2.27 bits per heavy atom. The molecule has 1 saturated heterocycles. The van der Waals surface area contributed by atoms with E-state index in [0.717, 1.165) is 30.0 Å². The van der Waals surface area contributed by atoms with Crippen LogP contribution in [0.3, 0.4) is 0 Å². The molecule has 3 N–H and O–H groups in total. The topological polar surface area (TPSA) is 108 Å². The van der Waals surface area contributed by atoms with Crippen molar-refractivity contribution in [3.63, 3.8) is 0 Å². The normalized spacial score (nSPS) is 16.2. The average Bonchev–Trinajstić information content (AvgIpc) is 3.21. The number of halogens is 1. The molecule has 1 fully saturated rings. The van der Waals surface area contributed by atoms with Crippen molar-refractivity contribution in [2.24, 2.45) is 0 Å². The van der Waals surface area contributed by atoms with Crippen LogP contribution >= 0.6 is 0 Å². The van der Waals surface area contributed by atoms with Crippen LogP contribution < -0.4 is 20.4 Å². The molecule has 1 aromatic carbocycles. The van der Waals surface area contributed by atoms with Crippen LogP contribution in [0.25, 0.3) is 11.0 Å². The van der Waals surface area contributed by atoms with Gasteiger partial charge in [0.15, 0.2) is 11.6 Å².